The zero-order chi connectivity index (χ0) is 26.0. The quantitative estimate of drug-likeness (QED) is 0.418. The number of ether oxygens (including phenoxy) is 2. The van der Waals surface area contributed by atoms with Crippen LogP contribution in [-0.2, 0) is 19.1 Å². The zero-order valence-corrected chi connectivity index (χ0v) is 23.4. The summed E-state index contributed by atoms with van der Waals surface area (Å²) in [4.78, 5) is 40.1. The predicted molar refractivity (Wildman–Crippen MR) is 146 cm³/mol. The second kappa shape index (κ2) is 11.0. The van der Waals surface area contributed by atoms with Gasteiger partial charge in [0.05, 0.1) is 34.8 Å². The summed E-state index contributed by atoms with van der Waals surface area (Å²) in [7, 11) is 0. The highest BCUT2D eigenvalue weighted by Crippen LogP contribution is 2.38. The lowest BCUT2D eigenvalue weighted by atomic mass is 9.83. The Morgan fingerprint density at radius 1 is 0.944 bits per heavy atom. The lowest BCUT2D eigenvalue weighted by Gasteiger charge is -2.27. The van der Waals surface area contributed by atoms with Crippen LogP contribution in [0, 0.1) is 0 Å². The van der Waals surface area contributed by atoms with Crippen LogP contribution in [0.2, 0.25) is 0 Å². The minimum absolute atomic E-state index is 0.0183. The molecule has 36 heavy (non-hydrogen) atoms. The number of carbonyl (C=O) groups is 2. The molecule has 186 valence electrons. The minimum Gasteiger partial charge on any atom is -0.463 e. The number of hydrogen-bond donors (Lipinski definition) is 1. The molecule has 1 atom stereocenters. The highest BCUT2D eigenvalue weighted by molar-refractivity contribution is 9.10. The van der Waals surface area contributed by atoms with E-state index in [9.17, 15) is 14.4 Å². The molecule has 0 bridgehead atoms. The molecule has 2 aromatic carbocycles. The number of rotatable bonds is 6. The van der Waals surface area contributed by atoms with Crippen LogP contribution < -0.4 is 20.5 Å². The van der Waals surface area contributed by atoms with E-state index < -0.39 is 23.4 Å². The molecule has 0 unspecified atom stereocenters. The SMILES string of the molecule is CCOC(=O)C1=C(N)n2c(s/c(=C\c3ccc(Br)cc3)c2=O)=C(C(=O)OCC)[C@@H]1c1ccc(Br)cc1. The van der Waals surface area contributed by atoms with Gasteiger partial charge >= 0.3 is 11.9 Å². The standard InChI is InChI=1S/C26H22Br2N2O5S/c1-3-34-25(32)20-19(15-7-11-17(28)12-8-15)21(26(33)35-4-2)24-30(22(20)29)23(31)18(36-24)13-14-5-9-16(27)10-6-14/h5-13,19H,3-4,29H2,1-2H3/b18-13-/t19-/m1/s1. The largest absolute Gasteiger partial charge is 0.463 e. The van der Waals surface area contributed by atoms with Crippen LogP contribution in [0.4, 0.5) is 0 Å². The molecule has 0 spiro atoms. The van der Waals surface area contributed by atoms with Crippen LogP contribution in [0.15, 0.2) is 67.8 Å². The molecule has 7 nitrogen and oxygen atoms in total. The van der Waals surface area contributed by atoms with Crippen molar-refractivity contribution in [2.24, 2.45) is 5.73 Å². The third-order valence-corrected chi connectivity index (χ3v) is 7.68. The Hall–Kier alpha value is -2.95. The van der Waals surface area contributed by atoms with Gasteiger partial charge in [-0.05, 0) is 55.3 Å². The van der Waals surface area contributed by atoms with E-state index in [1.807, 2.05) is 24.3 Å². The molecule has 1 aromatic heterocycles. The Balaban J connectivity index is 2.10. The third-order valence-electron chi connectivity index (χ3n) is 5.51. The molecular formula is C26H22Br2N2O5S. The summed E-state index contributed by atoms with van der Waals surface area (Å²) in [5, 5.41) is 0. The summed E-state index contributed by atoms with van der Waals surface area (Å²) in [6.07, 6.45) is 1.72. The Morgan fingerprint density at radius 3 is 2.03 bits per heavy atom. The summed E-state index contributed by atoms with van der Waals surface area (Å²) >= 11 is 7.94. The van der Waals surface area contributed by atoms with Gasteiger partial charge in [0.1, 0.15) is 10.5 Å². The maximum atomic E-state index is 13.5. The Morgan fingerprint density at radius 2 is 1.47 bits per heavy atom. The fourth-order valence-electron chi connectivity index (χ4n) is 3.96. The van der Waals surface area contributed by atoms with Crippen LogP contribution in [-0.4, -0.2) is 29.7 Å². The van der Waals surface area contributed by atoms with Gasteiger partial charge in [0.2, 0.25) is 0 Å². The van der Waals surface area contributed by atoms with Crippen molar-refractivity contribution < 1.29 is 19.1 Å². The van der Waals surface area contributed by atoms with Crippen molar-refractivity contribution in [3.8, 4) is 0 Å². The first-order valence-corrected chi connectivity index (χ1v) is 13.5. The molecule has 3 aromatic rings. The summed E-state index contributed by atoms with van der Waals surface area (Å²) in [5.74, 6) is -2.28. The van der Waals surface area contributed by atoms with Gasteiger partial charge in [-0.2, -0.15) is 0 Å². The van der Waals surface area contributed by atoms with E-state index in [2.05, 4.69) is 31.9 Å². The summed E-state index contributed by atoms with van der Waals surface area (Å²) in [5.41, 5.74) is 7.67. The number of nitrogens with two attached hydrogens (primary N) is 1. The molecule has 1 aliphatic heterocycles. The van der Waals surface area contributed by atoms with Gasteiger partial charge in [-0.3, -0.25) is 9.36 Å². The number of hydrogen-bond acceptors (Lipinski definition) is 7. The smallest absolute Gasteiger partial charge is 0.338 e. The lowest BCUT2D eigenvalue weighted by molar-refractivity contribution is -0.138. The molecule has 0 amide bonds. The number of aromatic nitrogens is 1. The maximum absolute atomic E-state index is 13.5. The normalized spacial score (nSPS) is 15.6. The fraction of sp³-hybridized carbons (Fsp3) is 0.192. The first-order valence-electron chi connectivity index (χ1n) is 11.1. The topological polar surface area (TPSA) is 101 Å². The van der Waals surface area contributed by atoms with Gasteiger partial charge < -0.3 is 15.2 Å². The van der Waals surface area contributed by atoms with E-state index >= 15 is 0 Å². The number of fused-ring (bicyclic) bond motifs is 1. The van der Waals surface area contributed by atoms with Gasteiger partial charge in [0.15, 0.2) is 0 Å². The summed E-state index contributed by atoms with van der Waals surface area (Å²) < 4.78 is 14.3. The van der Waals surface area contributed by atoms with Crippen molar-refractivity contribution in [3.05, 3.63) is 93.7 Å². The molecule has 0 aliphatic carbocycles. The zero-order valence-electron chi connectivity index (χ0n) is 19.4. The van der Waals surface area contributed by atoms with Crippen molar-refractivity contribution in [1.82, 2.24) is 4.57 Å². The van der Waals surface area contributed by atoms with Crippen LogP contribution in [0.1, 0.15) is 30.9 Å². The molecule has 0 radical (unpaired) electrons. The molecule has 0 saturated carbocycles. The molecule has 4 rings (SSSR count). The van der Waals surface area contributed by atoms with Crippen molar-refractivity contribution in [1.29, 1.82) is 0 Å². The Kier molecular flexibility index (Phi) is 7.97. The predicted octanol–water partition coefficient (Wildman–Crippen LogP) is 3.47. The van der Waals surface area contributed by atoms with Crippen LogP contribution in [0.25, 0.3) is 17.5 Å². The molecule has 2 heterocycles. The number of carbonyl (C=O) groups excluding carboxylic acids is 2. The maximum Gasteiger partial charge on any atom is 0.338 e. The molecule has 10 heteroatoms. The Labute approximate surface area is 227 Å². The molecule has 0 fully saturated rings. The molecular weight excluding hydrogens is 612 g/mol. The van der Waals surface area contributed by atoms with E-state index in [-0.39, 0.29) is 30.2 Å². The fourth-order valence-corrected chi connectivity index (χ4v) is 5.66. The van der Waals surface area contributed by atoms with E-state index in [4.69, 9.17) is 15.2 Å². The number of halogens is 2. The molecule has 0 saturated heterocycles. The number of thiazole rings is 1. The highest BCUT2D eigenvalue weighted by Gasteiger charge is 2.39. The van der Waals surface area contributed by atoms with Gasteiger partial charge in [-0.1, -0.05) is 56.1 Å². The first kappa shape index (κ1) is 26.1. The van der Waals surface area contributed by atoms with Gasteiger partial charge in [0, 0.05) is 8.95 Å². The second-order valence-electron chi connectivity index (χ2n) is 7.75. The van der Waals surface area contributed by atoms with Crippen molar-refractivity contribution in [2.45, 2.75) is 19.8 Å². The highest BCUT2D eigenvalue weighted by atomic mass is 79.9. The molecule has 2 N–H and O–H groups in total. The van der Waals surface area contributed by atoms with Crippen LogP contribution in [0.5, 0.6) is 0 Å². The van der Waals surface area contributed by atoms with E-state index in [1.165, 1.54) is 4.57 Å². The number of benzene rings is 2. The van der Waals surface area contributed by atoms with Gasteiger partial charge in [-0.15, -0.1) is 11.3 Å². The van der Waals surface area contributed by atoms with E-state index in [0.29, 0.717) is 14.8 Å². The van der Waals surface area contributed by atoms with Crippen molar-refractivity contribution >= 4 is 72.6 Å². The Bertz CT molecular complexity index is 1540. The lowest BCUT2D eigenvalue weighted by Crippen LogP contribution is -2.42. The van der Waals surface area contributed by atoms with Crippen molar-refractivity contribution in [2.75, 3.05) is 13.2 Å². The minimum atomic E-state index is -0.880. The second-order valence-corrected chi connectivity index (χ2v) is 10.6. The summed E-state index contributed by atoms with van der Waals surface area (Å²) in [6, 6.07) is 14.6. The first-order chi connectivity index (χ1) is 17.3. The van der Waals surface area contributed by atoms with Crippen molar-refractivity contribution in [3.63, 3.8) is 0 Å². The van der Waals surface area contributed by atoms with E-state index in [0.717, 1.165) is 25.8 Å². The third kappa shape index (κ3) is 4.98. The van der Waals surface area contributed by atoms with Crippen LogP contribution >= 0.6 is 43.2 Å². The van der Waals surface area contributed by atoms with Gasteiger partial charge in [0.25, 0.3) is 5.56 Å². The van der Waals surface area contributed by atoms with E-state index in [1.54, 1.807) is 44.2 Å². The number of esters is 2. The average Bonchev–Trinajstić information content (AvgIpc) is 3.17. The van der Waals surface area contributed by atoms with Crippen LogP contribution in [0.3, 0.4) is 0 Å². The van der Waals surface area contributed by atoms with Gasteiger partial charge in [-0.25, -0.2) is 9.59 Å². The summed E-state index contributed by atoms with van der Waals surface area (Å²) in [6.45, 7) is 3.60. The molecule has 1 aliphatic rings. The average molecular weight is 634 g/mol. The monoisotopic (exact) mass is 632 g/mol. The number of nitrogens with zero attached hydrogens (tertiary/aromatic N) is 1.